The van der Waals surface area contributed by atoms with Gasteiger partial charge in [-0.2, -0.15) is 57.9 Å². The van der Waals surface area contributed by atoms with Gasteiger partial charge in [-0.15, -0.1) is 0 Å². The molecule has 47 heavy (non-hydrogen) atoms. The molecule has 0 spiro atoms. The van der Waals surface area contributed by atoms with Gasteiger partial charge in [0.05, 0.1) is 22.3 Å². The minimum Gasteiger partial charge on any atom is -0.206 e. The maximum absolute atomic E-state index is 16.9. The molecule has 0 saturated heterocycles. The molecule has 224 valence electrons. The Kier molecular flexibility index (Phi) is 7.51. The zero-order valence-electron chi connectivity index (χ0n) is 23.0. The Morgan fingerprint density at radius 1 is 0.511 bits per heavy atom. The molecule has 0 unspecified atom stereocenters. The monoisotopic (exact) mass is 634 g/mol. The molecule has 2 aliphatic carbocycles. The second-order valence-electron chi connectivity index (χ2n) is 9.86. The van der Waals surface area contributed by atoms with Crippen molar-refractivity contribution in [1.82, 2.24) is 0 Å². The summed E-state index contributed by atoms with van der Waals surface area (Å²) < 4.78 is 96.5. The highest BCUT2D eigenvalue weighted by Crippen LogP contribution is 2.56. The van der Waals surface area contributed by atoms with Crippen molar-refractivity contribution in [3.8, 4) is 36.4 Å². The first-order valence-corrected chi connectivity index (χ1v) is 12.9. The smallest absolute Gasteiger partial charge is 0.206 e. The molecule has 0 fully saturated rings. The van der Waals surface area contributed by atoms with Crippen molar-refractivity contribution in [2.24, 2.45) is 0 Å². The van der Waals surface area contributed by atoms with Crippen molar-refractivity contribution in [3.63, 3.8) is 0 Å². The predicted octanol–water partition coefficient (Wildman–Crippen LogP) is 8.36. The third-order valence-electron chi connectivity index (χ3n) is 7.48. The second kappa shape index (κ2) is 11.2. The van der Waals surface area contributed by atoms with E-state index in [2.05, 4.69) is 0 Å². The Balaban J connectivity index is 1.90. The lowest BCUT2D eigenvalue weighted by Gasteiger charge is -2.13. The molecule has 0 N–H and O–H groups in total. The summed E-state index contributed by atoms with van der Waals surface area (Å²) in [6.07, 6.45) is -9.46. The second-order valence-corrected chi connectivity index (χ2v) is 9.86. The van der Waals surface area contributed by atoms with Crippen molar-refractivity contribution >= 4 is 33.4 Å². The average Bonchev–Trinajstić information content (AvgIpc) is 3.55. The van der Waals surface area contributed by atoms with Crippen molar-refractivity contribution in [2.45, 2.75) is 12.4 Å². The van der Waals surface area contributed by atoms with Crippen LogP contribution >= 0.6 is 0 Å². The molecule has 0 atom stereocenters. The van der Waals surface area contributed by atoms with Crippen LogP contribution in [-0.2, 0) is 12.4 Å². The third kappa shape index (κ3) is 4.86. The van der Waals surface area contributed by atoms with Crippen LogP contribution in [0.25, 0.3) is 33.4 Å². The summed E-state index contributed by atoms with van der Waals surface area (Å²) in [4.78, 5) is 0. The third-order valence-corrected chi connectivity index (χ3v) is 7.48. The number of halogens is 7. The molecule has 13 heteroatoms. The van der Waals surface area contributed by atoms with Crippen LogP contribution in [0.1, 0.15) is 44.5 Å². The van der Waals surface area contributed by atoms with E-state index >= 15 is 4.39 Å². The number of benzene rings is 3. The fourth-order valence-corrected chi connectivity index (χ4v) is 5.54. The van der Waals surface area contributed by atoms with Crippen LogP contribution in [-0.4, -0.2) is 0 Å². The SMILES string of the molecule is N#CC(C#N)=C1C(c2ccc(C(F)(F)F)cc2)=C(C#N)c2c1cc1c(c2F)C(=C(C#N)C#N)C(c2ccc(C(F)(F)F)cc2)=C1C#N. The van der Waals surface area contributed by atoms with Crippen LogP contribution < -0.4 is 0 Å². The van der Waals surface area contributed by atoms with Gasteiger partial charge >= 0.3 is 12.4 Å². The number of nitriles is 6. The van der Waals surface area contributed by atoms with Gasteiger partial charge in [-0.1, -0.05) is 24.3 Å². The van der Waals surface area contributed by atoms with Crippen LogP contribution in [0.2, 0.25) is 0 Å². The number of fused-ring (bicyclic) bond motifs is 2. The number of allylic oxidation sites excluding steroid dienone is 8. The van der Waals surface area contributed by atoms with E-state index in [4.69, 9.17) is 0 Å². The van der Waals surface area contributed by atoms with E-state index in [1.807, 2.05) is 6.07 Å². The van der Waals surface area contributed by atoms with Crippen molar-refractivity contribution < 1.29 is 30.7 Å². The molecule has 3 aromatic rings. The van der Waals surface area contributed by atoms with E-state index in [1.165, 1.54) is 0 Å². The summed E-state index contributed by atoms with van der Waals surface area (Å²) in [5, 5.41) is 59.6. The molecule has 0 bridgehead atoms. The van der Waals surface area contributed by atoms with Crippen LogP contribution in [0.3, 0.4) is 0 Å². The quantitative estimate of drug-likeness (QED) is 0.205. The summed E-state index contributed by atoms with van der Waals surface area (Å²) in [7, 11) is 0. The van der Waals surface area contributed by atoms with E-state index in [9.17, 15) is 57.9 Å². The fourth-order valence-electron chi connectivity index (χ4n) is 5.54. The van der Waals surface area contributed by atoms with Gasteiger partial charge in [-0.3, -0.25) is 0 Å². The molecular weight excluding hydrogens is 625 g/mol. The molecule has 5 rings (SSSR count). The summed E-state index contributed by atoms with van der Waals surface area (Å²) in [5.41, 5.74) is -7.41. The standard InChI is InChI=1S/C34H9F7N6/c35-32-30-23(28(18(10-42)11-43)27(25(30)15-47)17-3-7-21(8-4-17)34(39,40)41)9-22-24(14-46)26(29(31(22)32)19(12-44)13-45)16-1-5-20(6-2-16)33(36,37)38/h1-9H. The Bertz CT molecular complexity index is 2280. The molecule has 6 nitrogen and oxygen atoms in total. The Hall–Kier alpha value is -6.93. The fraction of sp³-hybridized carbons (Fsp3) is 0.0588. The van der Waals surface area contributed by atoms with Gasteiger partial charge in [-0.05, 0) is 47.0 Å². The van der Waals surface area contributed by atoms with E-state index in [0.29, 0.717) is 24.3 Å². The maximum Gasteiger partial charge on any atom is 0.416 e. The van der Waals surface area contributed by atoms with Gasteiger partial charge in [0.1, 0.15) is 53.4 Å². The molecule has 0 aromatic heterocycles. The zero-order valence-corrected chi connectivity index (χ0v) is 23.0. The van der Waals surface area contributed by atoms with Gasteiger partial charge in [0.2, 0.25) is 0 Å². The zero-order chi connectivity index (χ0) is 34.4. The first-order valence-electron chi connectivity index (χ1n) is 12.9. The van der Waals surface area contributed by atoms with E-state index in [-0.39, 0.29) is 44.5 Å². The predicted molar refractivity (Wildman–Crippen MR) is 150 cm³/mol. The van der Waals surface area contributed by atoms with Crippen molar-refractivity contribution in [3.05, 3.63) is 116 Å². The largest absolute Gasteiger partial charge is 0.416 e. The van der Waals surface area contributed by atoms with Crippen molar-refractivity contribution in [1.29, 1.82) is 31.6 Å². The Labute approximate surface area is 260 Å². The summed E-state index contributed by atoms with van der Waals surface area (Å²) in [6.45, 7) is 0. The Morgan fingerprint density at radius 3 is 1.30 bits per heavy atom. The van der Waals surface area contributed by atoms with E-state index in [0.717, 1.165) is 30.3 Å². The minimum absolute atomic E-state index is 0.0877. The van der Waals surface area contributed by atoms with Crippen molar-refractivity contribution in [2.75, 3.05) is 0 Å². The minimum atomic E-state index is -4.73. The van der Waals surface area contributed by atoms with Crippen LogP contribution in [0, 0.1) is 73.8 Å². The molecule has 3 aromatic carbocycles. The first kappa shape index (κ1) is 31.5. The molecular formula is C34H9F7N6. The number of rotatable bonds is 2. The number of hydrogen-bond acceptors (Lipinski definition) is 6. The highest BCUT2D eigenvalue weighted by atomic mass is 19.4. The average molecular weight is 634 g/mol. The van der Waals surface area contributed by atoms with Gasteiger partial charge in [-0.25, -0.2) is 4.39 Å². The molecule has 0 aliphatic heterocycles. The van der Waals surface area contributed by atoms with Gasteiger partial charge in [0, 0.05) is 39.0 Å². The van der Waals surface area contributed by atoms with E-state index in [1.54, 1.807) is 30.3 Å². The molecule has 0 amide bonds. The van der Waals surface area contributed by atoms with Crippen LogP contribution in [0.15, 0.2) is 65.7 Å². The van der Waals surface area contributed by atoms with Gasteiger partial charge in [0.15, 0.2) is 0 Å². The lowest BCUT2D eigenvalue weighted by Crippen LogP contribution is -2.04. The number of nitrogens with zero attached hydrogens (tertiary/aromatic N) is 6. The molecule has 2 aliphatic rings. The lowest BCUT2D eigenvalue weighted by atomic mass is 9.89. The number of hydrogen-bond donors (Lipinski definition) is 0. The molecule has 0 heterocycles. The highest BCUT2D eigenvalue weighted by molar-refractivity contribution is 6.30. The van der Waals surface area contributed by atoms with Crippen LogP contribution in [0.4, 0.5) is 30.7 Å². The number of alkyl halides is 6. The summed E-state index contributed by atoms with van der Waals surface area (Å²) in [6, 6.07) is 17.8. The highest BCUT2D eigenvalue weighted by Gasteiger charge is 2.41. The first-order chi connectivity index (χ1) is 22.3. The molecule has 0 saturated carbocycles. The summed E-state index contributed by atoms with van der Waals surface area (Å²) >= 11 is 0. The van der Waals surface area contributed by atoms with Gasteiger partial charge < -0.3 is 0 Å². The topological polar surface area (TPSA) is 143 Å². The Morgan fingerprint density at radius 2 is 0.915 bits per heavy atom. The lowest BCUT2D eigenvalue weighted by molar-refractivity contribution is -0.138. The molecule has 0 radical (unpaired) electrons. The van der Waals surface area contributed by atoms with Gasteiger partial charge in [0.25, 0.3) is 0 Å². The summed E-state index contributed by atoms with van der Waals surface area (Å²) in [5.74, 6) is -1.28. The van der Waals surface area contributed by atoms with Crippen LogP contribution in [0.5, 0.6) is 0 Å². The van der Waals surface area contributed by atoms with E-state index < -0.39 is 62.7 Å². The normalized spacial score (nSPS) is 13.5. The maximum atomic E-state index is 16.9.